The number of imidazole rings is 1. The monoisotopic (exact) mass is 606 g/mol. The molecule has 1 aliphatic heterocycles. The molecule has 8 nitrogen and oxygen atoms in total. The van der Waals surface area contributed by atoms with Crippen LogP contribution < -0.4 is 0 Å². The van der Waals surface area contributed by atoms with E-state index < -0.39 is 16.9 Å². The number of carboxylic acid groups (broad SMARTS) is 1. The average Bonchev–Trinajstić information content (AvgIpc) is 3.31. The molecule has 3 heterocycles. The zero-order valence-electron chi connectivity index (χ0n) is 26.1. The van der Waals surface area contributed by atoms with Crippen molar-refractivity contribution in [3.8, 4) is 11.3 Å². The molecule has 43 heavy (non-hydrogen) atoms. The van der Waals surface area contributed by atoms with Gasteiger partial charge in [-0.3, -0.25) is 14.4 Å². The van der Waals surface area contributed by atoms with Crippen LogP contribution in [0.5, 0.6) is 0 Å². The van der Waals surface area contributed by atoms with Crippen LogP contribution in [0.1, 0.15) is 103 Å². The highest BCUT2D eigenvalue weighted by molar-refractivity contribution is 6.30. The van der Waals surface area contributed by atoms with Crippen LogP contribution in [0.25, 0.3) is 16.9 Å². The first-order valence-corrected chi connectivity index (χ1v) is 15.7. The lowest BCUT2D eigenvalue weighted by Crippen LogP contribution is -2.47. The first-order chi connectivity index (χ1) is 20.1. The molecule has 1 unspecified atom stereocenters. The third kappa shape index (κ3) is 6.21. The van der Waals surface area contributed by atoms with Crippen molar-refractivity contribution in [1.82, 2.24) is 19.5 Å². The van der Waals surface area contributed by atoms with E-state index in [0.29, 0.717) is 67.9 Å². The number of halogens is 1. The predicted molar refractivity (Wildman–Crippen MR) is 167 cm³/mol. The lowest BCUT2D eigenvalue weighted by Gasteiger charge is -2.36. The fraction of sp³-hybridized carbons (Fsp3) is 0.559. The van der Waals surface area contributed by atoms with Gasteiger partial charge >= 0.3 is 5.97 Å². The Hall–Kier alpha value is -3.26. The van der Waals surface area contributed by atoms with E-state index in [9.17, 15) is 19.5 Å². The average molecular weight is 607 g/mol. The number of Topliss-reactive ketones (excluding diaryl/α,β-unsaturated/α-hetero) is 1. The predicted octanol–water partition coefficient (Wildman–Crippen LogP) is 7.22. The van der Waals surface area contributed by atoms with Crippen LogP contribution >= 0.6 is 11.6 Å². The highest BCUT2D eigenvalue weighted by Gasteiger charge is 2.43. The summed E-state index contributed by atoms with van der Waals surface area (Å²) >= 11 is 6.11. The van der Waals surface area contributed by atoms with E-state index in [-0.39, 0.29) is 28.9 Å². The fourth-order valence-electron chi connectivity index (χ4n) is 6.67. The summed E-state index contributed by atoms with van der Waals surface area (Å²) in [4.78, 5) is 46.0. The molecule has 0 radical (unpaired) electrons. The van der Waals surface area contributed by atoms with Gasteiger partial charge in [-0.25, -0.2) is 9.50 Å². The summed E-state index contributed by atoms with van der Waals surface area (Å²) in [5, 5.41) is 15.1. The number of hydrogen-bond donors (Lipinski definition) is 1. The van der Waals surface area contributed by atoms with Crippen molar-refractivity contribution in [2.45, 2.75) is 97.4 Å². The Morgan fingerprint density at radius 2 is 1.56 bits per heavy atom. The fourth-order valence-corrected chi connectivity index (χ4v) is 6.80. The van der Waals surface area contributed by atoms with Gasteiger partial charge in [0, 0.05) is 40.1 Å². The molecule has 1 aromatic carbocycles. The van der Waals surface area contributed by atoms with Crippen molar-refractivity contribution >= 4 is 34.9 Å². The molecule has 1 saturated heterocycles. The summed E-state index contributed by atoms with van der Waals surface area (Å²) in [5.74, 6) is -0.932. The topological polar surface area (TPSA) is 105 Å². The Morgan fingerprint density at radius 3 is 2.16 bits per heavy atom. The highest BCUT2D eigenvalue weighted by Crippen LogP contribution is 2.42. The number of hydrogen-bond acceptors (Lipinski definition) is 5. The van der Waals surface area contributed by atoms with E-state index in [1.165, 1.54) is 0 Å². The first-order valence-electron chi connectivity index (χ1n) is 15.3. The maximum atomic E-state index is 14.1. The number of aromatic nitrogens is 3. The van der Waals surface area contributed by atoms with Gasteiger partial charge in [-0.15, -0.1) is 0 Å². The van der Waals surface area contributed by atoms with Crippen LogP contribution in [-0.4, -0.2) is 54.3 Å². The van der Waals surface area contributed by atoms with E-state index in [4.69, 9.17) is 21.7 Å². The minimum Gasteiger partial charge on any atom is -0.481 e. The second-order valence-corrected chi connectivity index (χ2v) is 14.9. The summed E-state index contributed by atoms with van der Waals surface area (Å²) in [7, 11) is 0. The number of nitrogens with zero attached hydrogens (tertiary/aromatic N) is 4. The second-order valence-electron chi connectivity index (χ2n) is 14.4. The molecule has 2 aromatic heterocycles. The lowest BCUT2D eigenvalue weighted by molar-refractivity contribution is -0.151. The minimum absolute atomic E-state index is 0.0991. The van der Waals surface area contributed by atoms with Crippen LogP contribution in [0.2, 0.25) is 5.02 Å². The van der Waals surface area contributed by atoms with Crippen molar-refractivity contribution < 1.29 is 19.5 Å². The molecule has 0 bridgehead atoms. The van der Waals surface area contributed by atoms with E-state index in [0.717, 1.165) is 16.8 Å². The summed E-state index contributed by atoms with van der Waals surface area (Å²) in [6.45, 7) is 12.7. The molecular weight excluding hydrogens is 564 g/mol. The van der Waals surface area contributed by atoms with Crippen molar-refractivity contribution in [2.75, 3.05) is 6.54 Å². The molecule has 3 aromatic rings. The van der Waals surface area contributed by atoms with Gasteiger partial charge in [0.2, 0.25) is 0 Å². The number of rotatable bonds is 5. The van der Waals surface area contributed by atoms with E-state index in [1.54, 1.807) is 17.6 Å². The summed E-state index contributed by atoms with van der Waals surface area (Å²) < 4.78 is 1.71. The minimum atomic E-state index is -0.776. The Kier molecular flexibility index (Phi) is 8.22. The van der Waals surface area contributed by atoms with E-state index in [2.05, 4.69) is 34.6 Å². The van der Waals surface area contributed by atoms with Crippen molar-refractivity contribution in [3.05, 3.63) is 52.8 Å². The SMILES string of the molecule is CC1(C(=O)O)CCC(C(=O)C2CCN(C(=O)c3cn4nc(-c5ccc(Cl)cc5)cc(C(C)(C)C)c4n3)C(C)(C)CC2)CC1. The van der Waals surface area contributed by atoms with E-state index in [1.807, 2.05) is 35.2 Å². The van der Waals surface area contributed by atoms with Gasteiger partial charge in [0.15, 0.2) is 5.65 Å². The molecule has 5 rings (SSSR count). The molecular formula is C34H43ClN4O4. The Morgan fingerprint density at radius 1 is 0.953 bits per heavy atom. The quantitative estimate of drug-likeness (QED) is 0.329. The van der Waals surface area contributed by atoms with E-state index >= 15 is 0 Å². The van der Waals surface area contributed by atoms with Gasteiger partial charge in [0.1, 0.15) is 11.5 Å². The molecule has 2 aliphatic rings. The number of ketones is 1. The molecule has 230 valence electrons. The van der Waals surface area contributed by atoms with Gasteiger partial charge in [-0.05, 0) is 89.3 Å². The first kappa shape index (κ1) is 31.2. The van der Waals surface area contributed by atoms with Gasteiger partial charge in [0.05, 0.1) is 17.3 Å². The maximum Gasteiger partial charge on any atom is 0.309 e. The lowest BCUT2D eigenvalue weighted by atomic mass is 9.69. The molecule has 2 fully saturated rings. The number of amides is 1. The standard InChI is InChI=1S/C34H43ClN4O4/c1-32(2,3)25-19-26(21-7-9-24(35)10-8-21)37-39-20-27(36-29(25)39)30(41)38-18-14-23(11-15-33(38,4)5)28(40)22-12-16-34(6,17-13-22)31(42)43/h7-10,19-20,22-23H,11-18H2,1-6H3,(H,42,43). The number of aliphatic carboxylic acids is 1. The summed E-state index contributed by atoms with van der Waals surface area (Å²) in [6, 6.07) is 9.57. The molecule has 1 saturated carbocycles. The van der Waals surface area contributed by atoms with Gasteiger partial charge in [0.25, 0.3) is 5.91 Å². The van der Waals surface area contributed by atoms with Gasteiger partial charge in [-0.1, -0.05) is 44.5 Å². The van der Waals surface area contributed by atoms with Crippen molar-refractivity contribution in [1.29, 1.82) is 0 Å². The summed E-state index contributed by atoms with van der Waals surface area (Å²) in [6.07, 6.45) is 6.03. The van der Waals surface area contributed by atoms with Crippen molar-refractivity contribution in [3.63, 3.8) is 0 Å². The number of carbonyl (C=O) groups excluding carboxylic acids is 2. The third-order valence-corrected chi connectivity index (χ3v) is 10.0. The zero-order valence-corrected chi connectivity index (χ0v) is 26.9. The van der Waals surface area contributed by atoms with Crippen LogP contribution in [-0.2, 0) is 15.0 Å². The van der Waals surface area contributed by atoms with Crippen LogP contribution in [0.4, 0.5) is 0 Å². The third-order valence-electron chi connectivity index (χ3n) is 9.78. The number of carbonyl (C=O) groups is 3. The number of likely N-dealkylation sites (tertiary alicyclic amines) is 1. The van der Waals surface area contributed by atoms with Gasteiger partial charge < -0.3 is 10.0 Å². The smallest absolute Gasteiger partial charge is 0.309 e. The molecule has 1 aliphatic carbocycles. The highest BCUT2D eigenvalue weighted by atomic mass is 35.5. The molecule has 1 atom stereocenters. The summed E-state index contributed by atoms with van der Waals surface area (Å²) in [5.41, 5.74) is 2.24. The molecule has 0 spiro atoms. The number of carboxylic acids is 1. The number of fused-ring (bicyclic) bond motifs is 1. The largest absolute Gasteiger partial charge is 0.481 e. The molecule has 1 N–H and O–H groups in total. The zero-order chi connectivity index (χ0) is 31.3. The number of benzene rings is 1. The maximum absolute atomic E-state index is 14.1. The van der Waals surface area contributed by atoms with Crippen LogP contribution in [0.3, 0.4) is 0 Å². The van der Waals surface area contributed by atoms with Crippen LogP contribution in [0.15, 0.2) is 36.5 Å². The Bertz CT molecular complexity index is 1540. The van der Waals surface area contributed by atoms with Crippen molar-refractivity contribution in [2.24, 2.45) is 17.3 Å². The Labute approximate surface area is 258 Å². The van der Waals surface area contributed by atoms with Crippen LogP contribution in [0, 0.1) is 17.3 Å². The second kappa shape index (κ2) is 11.3. The van der Waals surface area contributed by atoms with Gasteiger partial charge in [-0.2, -0.15) is 5.10 Å². The molecule has 1 amide bonds. The Balaban J connectivity index is 1.38. The normalized spacial score (nSPS) is 24.5. The molecule has 9 heteroatoms.